The first kappa shape index (κ1) is 19.6. The summed E-state index contributed by atoms with van der Waals surface area (Å²) in [7, 11) is 0. The van der Waals surface area contributed by atoms with Crippen LogP contribution in [0, 0.1) is 10.1 Å². The third kappa shape index (κ3) is 5.19. The van der Waals surface area contributed by atoms with Crippen LogP contribution in [-0.4, -0.2) is 26.3 Å². The Balaban J connectivity index is 1.82. The first-order valence-corrected chi connectivity index (χ1v) is 8.60. The minimum atomic E-state index is -0.662. The molecule has 29 heavy (non-hydrogen) atoms. The summed E-state index contributed by atoms with van der Waals surface area (Å²) in [5, 5.41) is 19.1. The summed E-state index contributed by atoms with van der Waals surface area (Å²) in [5.74, 6) is -0.345. The van der Waals surface area contributed by atoms with Crippen LogP contribution in [0.25, 0.3) is 0 Å². The number of oxime groups is 2. The number of rotatable bonds is 7. The number of nitrogens with zero attached hydrogens (tertiary/aromatic N) is 5. The lowest BCUT2D eigenvalue weighted by atomic mass is 10.1. The average Bonchev–Trinajstić information content (AvgIpc) is 2.76. The second kappa shape index (κ2) is 9.18. The summed E-state index contributed by atoms with van der Waals surface area (Å²) in [5.41, 5.74) is 2.34. The maximum absolute atomic E-state index is 11.2. The van der Waals surface area contributed by atoms with Gasteiger partial charge in [0, 0.05) is 0 Å². The van der Waals surface area contributed by atoms with Gasteiger partial charge in [0.25, 0.3) is 0 Å². The Kier molecular flexibility index (Phi) is 6.21. The Labute approximate surface area is 166 Å². The van der Waals surface area contributed by atoms with E-state index in [9.17, 15) is 10.1 Å². The summed E-state index contributed by atoms with van der Waals surface area (Å²) < 4.78 is 0. The van der Waals surface area contributed by atoms with E-state index in [1.807, 2.05) is 60.7 Å². The smallest absolute Gasteiger partial charge is 0.328 e. The van der Waals surface area contributed by atoms with Crippen molar-refractivity contribution in [2.45, 2.75) is 13.8 Å². The van der Waals surface area contributed by atoms with Crippen LogP contribution in [0.3, 0.4) is 0 Å². The zero-order valence-electron chi connectivity index (χ0n) is 15.7. The summed E-state index contributed by atoms with van der Waals surface area (Å²) in [6.45, 7) is 3.47. The molecule has 0 radical (unpaired) electrons. The Morgan fingerprint density at radius 1 is 0.897 bits per heavy atom. The molecule has 0 atom stereocenters. The molecule has 0 aliphatic rings. The molecule has 0 aliphatic heterocycles. The van der Waals surface area contributed by atoms with Crippen molar-refractivity contribution in [3.8, 4) is 11.9 Å². The van der Waals surface area contributed by atoms with Gasteiger partial charge in [0.15, 0.2) is 0 Å². The fourth-order valence-corrected chi connectivity index (χ4v) is 2.27. The lowest BCUT2D eigenvalue weighted by molar-refractivity contribution is -0.386. The van der Waals surface area contributed by atoms with Crippen LogP contribution < -0.4 is 9.68 Å². The Morgan fingerprint density at radius 3 is 1.93 bits per heavy atom. The molecule has 0 bridgehead atoms. The number of hydrogen-bond donors (Lipinski definition) is 0. The molecule has 2 aromatic carbocycles. The van der Waals surface area contributed by atoms with Crippen LogP contribution >= 0.6 is 0 Å². The van der Waals surface area contributed by atoms with Crippen molar-refractivity contribution >= 4 is 17.1 Å². The maximum atomic E-state index is 11.2. The van der Waals surface area contributed by atoms with Crippen molar-refractivity contribution < 1.29 is 14.6 Å². The SMILES string of the molecule is C/C(=N/Oc1nc(O/N=C(\C)c2ccccc2)ncc1[N+](=O)[O-])c1ccccc1. The van der Waals surface area contributed by atoms with Gasteiger partial charge in [-0.05, 0) is 25.0 Å². The number of hydrogen-bond acceptors (Lipinski definition) is 8. The summed E-state index contributed by atoms with van der Waals surface area (Å²) in [6, 6.07) is 18.4. The van der Waals surface area contributed by atoms with Gasteiger partial charge in [0.1, 0.15) is 6.20 Å². The van der Waals surface area contributed by atoms with Crippen molar-refractivity contribution in [2.24, 2.45) is 10.3 Å². The average molecular weight is 391 g/mol. The number of benzene rings is 2. The van der Waals surface area contributed by atoms with Crippen molar-refractivity contribution in [2.75, 3.05) is 0 Å². The molecule has 3 aromatic rings. The van der Waals surface area contributed by atoms with E-state index in [2.05, 4.69) is 20.3 Å². The fourth-order valence-electron chi connectivity index (χ4n) is 2.27. The van der Waals surface area contributed by atoms with E-state index in [-0.39, 0.29) is 11.9 Å². The highest BCUT2D eigenvalue weighted by Gasteiger charge is 2.20. The lowest BCUT2D eigenvalue weighted by Gasteiger charge is -2.04. The fraction of sp³-hybridized carbons (Fsp3) is 0.100. The van der Waals surface area contributed by atoms with Crippen LogP contribution in [0.15, 0.2) is 77.2 Å². The van der Waals surface area contributed by atoms with Gasteiger partial charge >= 0.3 is 17.6 Å². The van der Waals surface area contributed by atoms with Crippen LogP contribution in [0.4, 0.5) is 5.69 Å². The third-order valence-corrected chi connectivity index (χ3v) is 3.83. The molecule has 0 spiro atoms. The highest BCUT2D eigenvalue weighted by atomic mass is 16.7. The molecule has 0 N–H and O–H groups in total. The first-order valence-electron chi connectivity index (χ1n) is 8.60. The van der Waals surface area contributed by atoms with Gasteiger partial charge < -0.3 is 9.68 Å². The Morgan fingerprint density at radius 2 is 1.41 bits per heavy atom. The van der Waals surface area contributed by atoms with E-state index in [1.165, 1.54) is 0 Å². The van der Waals surface area contributed by atoms with E-state index in [1.54, 1.807) is 13.8 Å². The van der Waals surface area contributed by atoms with E-state index in [4.69, 9.17) is 9.68 Å². The Hall–Kier alpha value is -4.14. The molecule has 1 heterocycles. The zero-order chi connectivity index (χ0) is 20.6. The lowest BCUT2D eigenvalue weighted by Crippen LogP contribution is -2.04. The Bertz CT molecular complexity index is 1050. The standard InChI is InChI=1S/C20H17N5O4/c1-14(16-9-5-3-6-10-16)23-28-19-18(25(26)27)13-21-20(22-19)29-24-15(2)17-11-7-4-8-12-17/h3-13H,1-2H3/b23-14-,24-15+. The number of aromatic nitrogens is 2. The molecule has 0 amide bonds. The van der Waals surface area contributed by atoms with Gasteiger partial charge in [-0.1, -0.05) is 71.0 Å². The summed E-state index contributed by atoms with van der Waals surface area (Å²) >= 11 is 0. The van der Waals surface area contributed by atoms with Gasteiger partial charge in [-0.2, -0.15) is 4.98 Å². The van der Waals surface area contributed by atoms with Gasteiger partial charge in [-0.25, -0.2) is 0 Å². The van der Waals surface area contributed by atoms with Gasteiger partial charge in [-0.3, -0.25) is 10.1 Å². The minimum Gasteiger partial charge on any atom is -0.328 e. The van der Waals surface area contributed by atoms with Crippen LogP contribution in [0.2, 0.25) is 0 Å². The van der Waals surface area contributed by atoms with E-state index >= 15 is 0 Å². The molecule has 1 aromatic heterocycles. The van der Waals surface area contributed by atoms with E-state index in [0.717, 1.165) is 17.3 Å². The van der Waals surface area contributed by atoms with Crippen LogP contribution in [-0.2, 0) is 0 Å². The molecule has 0 saturated carbocycles. The van der Waals surface area contributed by atoms with E-state index < -0.39 is 10.6 Å². The molecule has 146 valence electrons. The zero-order valence-corrected chi connectivity index (χ0v) is 15.7. The third-order valence-electron chi connectivity index (χ3n) is 3.83. The van der Waals surface area contributed by atoms with Gasteiger partial charge in [0.2, 0.25) is 0 Å². The predicted molar refractivity (Wildman–Crippen MR) is 107 cm³/mol. The number of nitro groups is 1. The highest BCUT2D eigenvalue weighted by Crippen LogP contribution is 2.25. The molecule has 9 heteroatoms. The second-order valence-electron chi connectivity index (χ2n) is 5.87. The predicted octanol–water partition coefficient (Wildman–Crippen LogP) is 3.99. The van der Waals surface area contributed by atoms with Gasteiger partial charge in [-0.15, -0.1) is 4.98 Å². The molecule has 0 unspecified atom stereocenters. The largest absolute Gasteiger partial charge is 0.352 e. The summed E-state index contributed by atoms with van der Waals surface area (Å²) in [6.07, 6.45) is 0.985. The topological polar surface area (TPSA) is 112 Å². The molecule has 0 saturated heterocycles. The highest BCUT2D eigenvalue weighted by molar-refractivity contribution is 5.98. The molecule has 3 rings (SSSR count). The molecule has 9 nitrogen and oxygen atoms in total. The molecular formula is C20H17N5O4. The van der Waals surface area contributed by atoms with Crippen molar-refractivity contribution in [3.05, 3.63) is 88.1 Å². The molecule has 0 aliphatic carbocycles. The molecular weight excluding hydrogens is 374 g/mol. The minimum absolute atomic E-state index is 0.201. The second-order valence-corrected chi connectivity index (χ2v) is 5.87. The monoisotopic (exact) mass is 391 g/mol. The molecule has 0 fully saturated rings. The van der Waals surface area contributed by atoms with Crippen LogP contribution in [0.5, 0.6) is 11.9 Å². The van der Waals surface area contributed by atoms with Crippen molar-refractivity contribution in [1.82, 2.24) is 9.97 Å². The van der Waals surface area contributed by atoms with Crippen molar-refractivity contribution in [3.63, 3.8) is 0 Å². The first-order chi connectivity index (χ1) is 14.0. The maximum Gasteiger partial charge on any atom is 0.352 e. The van der Waals surface area contributed by atoms with Crippen LogP contribution in [0.1, 0.15) is 25.0 Å². The normalized spacial score (nSPS) is 11.8. The van der Waals surface area contributed by atoms with Gasteiger partial charge in [0.05, 0.1) is 16.3 Å². The summed E-state index contributed by atoms with van der Waals surface area (Å²) in [4.78, 5) is 28.7. The quantitative estimate of drug-likeness (QED) is 0.342. The van der Waals surface area contributed by atoms with E-state index in [0.29, 0.717) is 11.4 Å². The van der Waals surface area contributed by atoms with Crippen molar-refractivity contribution in [1.29, 1.82) is 0 Å².